The van der Waals surface area contributed by atoms with Crippen molar-refractivity contribution in [2.24, 2.45) is 11.8 Å². The van der Waals surface area contributed by atoms with Crippen molar-refractivity contribution in [2.45, 2.75) is 199 Å². The van der Waals surface area contributed by atoms with Gasteiger partial charge in [-0.05, 0) is 124 Å². The lowest BCUT2D eigenvalue weighted by molar-refractivity contribution is 0.279. The number of hydrogen-bond acceptors (Lipinski definition) is 3. The topological polar surface area (TPSA) is 55.8 Å². The molecule has 2 fully saturated rings. The van der Waals surface area contributed by atoms with E-state index in [0.29, 0.717) is 48.8 Å². The Morgan fingerprint density at radius 3 is 1.24 bits per heavy atom. The zero-order valence-corrected chi connectivity index (χ0v) is 37.1. The van der Waals surface area contributed by atoms with Crippen LogP contribution in [0.5, 0.6) is 11.5 Å². The van der Waals surface area contributed by atoms with Gasteiger partial charge in [0, 0.05) is 12.3 Å². The molecular weight excluding hydrogens is 760 g/mol. The fraction of sp³-hybridized carbons (Fsp3) is 0.755. The maximum Gasteiger partial charge on any atom is 0.200 e. The fourth-order valence-electron chi connectivity index (χ4n) is 9.47. The normalized spacial score (nSPS) is 20.9. The van der Waals surface area contributed by atoms with Crippen LogP contribution in [0, 0.1) is 35.1 Å². The van der Waals surface area contributed by atoms with E-state index in [4.69, 9.17) is 9.47 Å². The second-order valence-electron chi connectivity index (χ2n) is 17.9. The molecule has 4 nitrogen and oxygen atoms in total. The molecule has 0 aliphatic heterocycles. The Labute approximate surface area is 349 Å². The summed E-state index contributed by atoms with van der Waals surface area (Å²) in [5.74, 6) is -1.67. The molecule has 1 N–H and O–H groups in total. The minimum atomic E-state index is -3.16. The van der Waals surface area contributed by atoms with Gasteiger partial charge in [-0.15, -0.1) is 0 Å². The molecule has 0 heterocycles. The summed E-state index contributed by atoms with van der Waals surface area (Å²) in [5, 5.41) is 0. The molecule has 1 atom stereocenters. The van der Waals surface area contributed by atoms with Crippen LogP contribution in [0.3, 0.4) is 0 Å². The van der Waals surface area contributed by atoms with E-state index in [1.807, 2.05) is 0 Å². The molecule has 330 valence electrons. The van der Waals surface area contributed by atoms with Crippen molar-refractivity contribution >= 4 is 7.37 Å². The average molecular weight is 837 g/mol. The summed E-state index contributed by atoms with van der Waals surface area (Å²) < 4.78 is 83.6. The van der Waals surface area contributed by atoms with Crippen molar-refractivity contribution in [3.63, 3.8) is 0 Å². The van der Waals surface area contributed by atoms with Gasteiger partial charge in [0.1, 0.15) is 0 Å². The summed E-state index contributed by atoms with van der Waals surface area (Å²) in [4.78, 5) is 10.4. The monoisotopic (exact) mass is 837 g/mol. The van der Waals surface area contributed by atoms with Gasteiger partial charge in [-0.3, -0.25) is 4.57 Å². The Hall–Kier alpha value is -2.05. The van der Waals surface area contributed by atoms with Crippen molar-refractivity contribution in [3.05, 3.63) is 58.7 Å². The third-order valence-electron chi connectivity index (χ3n) is 13.2. The second-order valence-corrected chi connectivity index (χ2v) is 20.5. The fourth-order valence-corrected chi connectivity index (χ4v) is 11.1. The Kier molecular flexibility index (Phi) is 22.6. The van der Waals surface area contributed by atoms with E-state index in [1.165, 1.54) is 51.4 Å². The second kappa shape index (κ2) is 27.0. The molecule has 2 aliphatic carbocycles. The summed E-state index contributed by atoms with van der Waals surface area (Å²) in [6, 6.07) is 6.61. The van der Waals surface area contributed by atoms with Gasteiger partial charge in [0.2, 0.25) is 19.0 Å². The van der Waals surface area contributed by atoms with E-state index in [2.05, 4.69) is 13.8 Å². The Bertz CT molecular complexity index is 1490. The van der Waals surface area contributed by atoms with Crippen LogP contribution in [0.4, 0.5) is 17.6 Å². The van der Waals surface area contributed by atoms with Gasteiger partial charge in [0.05, 0.1) is 13.2 Å². The third-order valence-corrected chi connectivity index (χ3v) is 15.3. The van der Waals surface area contributed by atoms with Crippen LogP contribution in [-0.4, -0.2) is 30.4 Å². The van der Waals surface area contributed by atoms with E-state index in [-0.39, 0.29) is 29.9 Å². The highest BCUT2D eigenvalue weighted by atomic mass is 31.2. The largest absolute Gasteiger partial charge is 0.490 e. The van der Waals surface area contributed by atoms with Crippen LogP contribution in [-0.2, 0) is 4.57 Å². The zero-order valence-electron chi connectivity index (χ0n) is 36.2. The molecule has 2 aromatic rings. The van der Waals surface area contributed by atoms with Crippen LogP contribution in [0.25, 0.3) is 0 Å². The standard InChI is InChI=1S/C49H77F4O4P/c1-3-5-14-20-38-22-26-40(27-23-38)42-30-32-44(48(52)46(42)50)56-34-16-10-8-7-9-12-18-36-58(54,55)37-19-13-11-17-35-57-45-33-31-43(47(51)49(45)53)41-28-24-39(25-29-41)21-15-6-4-2/h30-33,38-41H,3-29,34-37H2,1-2H3,(H,54,55). The highest BCUT2D eigenvalue weighted by molar-refractivity contribution is 7.57. The van der Waals surface area contributed by atoms with Crippen LogP contribution < -0.4 is 9.47 Å². The maximum absolute atomic E-state index is 15.0. The third kappa shape index (κ3) is 16.8. The molecule has 0 amide bonds. The van der Waals surface area contributed by atoms with Crippen molar-refractivity contribution in [1.29, 1.82) is 0 Å². The smallest absolute Gasteiger partial charge is 0.200 e. The van der Waals surface area contributed by atoms with Crippen LogP contribution in [0.15, 0.2) is 24.3 Å². The van der Waals surface area contributed by atoms with E-state index in [1.54, 1.807) is 24.3 Å². The van der Waals surface area contributed by atoms with Crippen LogP contribution >= 0.6 is 7.37 Å². The van der Waals surface area contributed by atoms with E-state index >= 15 is 4.39 Å². The molecule has 0 spiro atoms. The van der Waals surface area contributed by atoms with Crippen molar-refractivity contribution in [3.8, 4) is 11.5 Å². The number of rotatable bonds is 29. The predicted octanol–water partition coefficient (Wildman–Crippen LogP) is 16.0. The summed E-state index contributed by atoms with van der Waals surface area (Å²) in [7, 11) is -3.16. The van der Waals surface area contributed by atoms with E-state index in [9.17, 15) is 22.6 Å². The average Bonchev–Trinajstić information content (AvgIpc) is 3.22. The summed E-state index contributed by atoms with van der Waals surface area (Å²) in [5.41, 5.74) is 0.988. The van der Waals surface area contributed by atoms with Crippen molar-refractivity contribution in [2.75, 3.05) is 25.5 Å². The molecule has 0 saturated heterocycles. The minimum absolute atomic E-state index is 0.00268. The van der Waals surface area contributed by atoms with Gasteiger partial charge >= 0.3 is 0 Å². The van der Waals surface area contributed by atoms with E-state index in [0.717, 1.165) is 115 Å². The van der Waals surface area contributed by atoms with Crippen molar-refractivity contribution < 1.29 is 36.5 Å². The van der Waals surface area contributed by atoms with E-state index < -0.39 is 30.6 Å². The molecule has 58 heavy (non-hydrogen) atoms. The number of hydrogen-bond donors (Lipinski definition) is 1. The minimum Gasteiger partial charge on any atom is -0.490 e. The molecule has 2 saturated carbocycles. The first-order valence-corrected chi connectivity index (χ1v) is 25.7. The van der Waals surface area contributed by atoms with Gasteiger partial charge in [-0.1, -0.05) is 122 Å². The first kappa shape index (κ1) is 48.6. The van der Waals surface area contributed by atoms with Gasteiger partial charge in [0.15, 0.2) is 23.1 Å². The molecule has 4 rings (SSSR count). The number of benzene rings is 2. The number of ether oxygens (including phenoxy) is 2. The highest BCUT2D eigenvalue weighted by Gasteiger charge is 2.28. The molecular formula is C49H77F4O4P. The SMILES string of the molecule is CCCCCC1CCC(c2ccc(OCCCCCCCCCP(=O)(O)CCCCCCOc3ccc(C4CCC(CCCCC)CC4)c(F)c3F)c(F)c2F)CC1. The molecule has 9 heteroatoms. The molecule has 2 aliphatic rings. The quantitative estimate of drug-likeness (QED) is 0.0504. The summed E-state index contributed by atoms with van der Waals surface area (Å²) in [6.45, 7) is 5.07. The molecule has 0 aromatic heterocycles. The van der Waals surface area contributed by atoms with Crippen molar-refractivity contribution in [1.82, 2.24) is 0 Å². The van der Waals surface area contributed by atoms with Gasteiger partial charge in [-0.2, -0.15) is 8.78 Å². The molecule has 0 bridgehead atoms. The van der Waals surface area contributed by atoms with Crippen LogP contribution in [0.1, 0.15) is 210 Å². The Morgan fingerprint density at radius 2 is 0.862 bits per heavy atom. The predicted molar refractivity (Wildman–Crippen MR) is 232 cm³/mol. The lowest BCUT2D eigenvalue weighted by Gasteiger charge is -2.29. The van der Waals surface area contributed by atoms with Gasteiger partial charge in [-0.25, -0.2) is 8.78 Å². The van der Waals surface area contributed by atoms with Gasteiger partial charge < -0.3 is 14.4 Å². The first-order chi connectivity index (χ1) is 28.1. The molecule has 2 aromatic carbocycles. The maximum atomic E-state index is 15.0. The molecule has 1 unspecified atom stereocenters. The number of unbranched alkanes of at least 4 members (excludes halogenated alkanes) is 13. The van der Waals surface area contributed by atoms with Crippen LogP contribution in [0.2, 0.25) is 0 Å². The lowest BCUT2D eigenvalue weighted by Crippen LogP contribution is -2.15. The summed E-state index contributed by atoms with van der Waals surface area (Å²) >= 11 is 0. The first-order valence-electron chi connectivity index (χ1n) is 23.7. The molecule has 0 radical (unpaired) electrons. The number of halogens is 4. The summed E-state index contributed by atoms with van der Waals surface area (Å²) in [6.07, 6.45) is 28.0. The zero-order chi connectivity index (χ0) is 41.6. The lowest BCUT2D eigenvalue weighted by atomic mass is 9.77. The Balaban J connectivity index is 0.973. The van der Waals surface area contributed by atoms with Gasteiger partial charge in [0.25, 0.3) is 0 Å². The Morgan fingerprint density at radius 1 is 0.500 bits per heavy atom. The highest BCUT2D eigenvalue weighted by Crippen LogP contribution is 2.44.